The quantitative estimate of drug-likeness (QED) is 0.364. The van der Waals surface area contributed by atoms with Gasteiger partial charge in [-0.15, -0.1) is 0 Å². The highest BCUT2D eigenvalue weighted by Gasteiger charge is 2.16. The van der Waals surface area contributed by atoms with E-state index in [1.54, 1.807) is 43.5 Å². The molecular weight excluding hydrogens is 378 g/mol. The first-order valence-electron chi connectivity index (χ1n) is 10.0. The summed E-state index contributed by atoms with van der Waals surface area (Å²) in [6.45, 7) is 5.41. The van der Waals surface area contributed by atoms with Gasteiger partial charge >= 0.3 is 0 Å². The predicted molar refractivity (Wildman–Crippen MR) is 117 cm³/mol. The summed E-state index contributed by atoms with van der Waals surface area (Å²) in [5.41, 5.74) is 3.90. The standard InChI is InChI=1S/C25H27NO4/c1-18-16-23(19(2)26(18)14-7-15-29-3)24(27)17-30-22-12-10-21(11-13-22)25(28)20-8-5-4-6-9-20/h4-6,8-13,16H,7,14-15,17H2,1-3H3. The second-order valence-corrected chi connectivity index (χ2v) is 7.21. The summed E-state index contributed by atoms with van der Waals surface area (Å²) in [6.07, 6.45) is 0.894. The van der Waals surface area contributed by atoms with Crippen molar-refractivity contribution in [3.05, 3.63) is 88.7 Å². The zero-order valence-electron chi connectivity index (χ0n) is 17.7. The van der Waals surface area contributed by atoms with Crippen molar-refractivity contribution in [3.8, 4) is 5.75 Å². The van der Waals surface area contributed by atoms with E-state index in [4.69, 9.17) is 9.47 Å². The topological polar surface area (TPSA) is 57.5 Å². The molecule has 0 saturated carbocycles. The van der Waals surface area contributed by atoms with Crippen LogP contribution < -0.4 is 4.74 Å². The number of aryl methyl sites for hydroxylation is 1. The van der Waals surface area contributed by atoms with Crippen LogP contribution in [-0.2, 0) is 11.3 Å². The van der Waals surface area contributed by atoms with E-state index in [0.29, 0.717) is 29.0 Å². The Labute approximate surface area is 177 Å². The van der Waals surface area contributed by atoms with Gasteiger partial charge in [0.1, 0.15) is 5.75 Å². The van der Waals surface area contributed by atoms with Crippen molar-refractivity contribution in [2.24, 2.45) is 0 Å². The molecule has 3 aromatic rings. The number of ketones is 2. The van der Waals surface area contributed by atoms with E-state index in [9.17, 15) is 9.59 Å². The molecule has 30 heavy (non-hydrogen) atoms. The van der Waals surface area contributed by atoms with Gasteiger partial charge in [-0.3, -0.25) is 9.59 Å². The maximum absolute atomic E-state index is 12.7. The molecule has 5 heteroatoms. The van der Waals surface area contributed by atoms with Crippen LogP contribution >= 0.6 is 0 Å². The summed E-state index contributed by atoms with van der Waals surface area (Å²) in [4.78, 5) is 25.1. The number of nitrogens with zero attached hydrogens (tertiary/aromatic N) is 1. The molecule has 0 aliphatic heterocycles. The van der Waals surface area contributed by atoms with E-state index in [2.05, 4.69) is 4.57 Å². The molecule has 0 saturated heterocycles. The van der Waals surface area contributed by atoms with E-state index < -0.39 is 0 Å². The summed E-state index contributed by atoms with van der Waals surface area (Å²) < 4.78 is 12.9. The molecule has 0 N–H and O–H groups in total. The fourth-order valence-electron chi connectivity index (χ4n) is 3.48. The van der Waals surface area contributed by atoms with Crippen LogP contribution in [0, 0.1) is 13.8 Å². The lowest BCUT2D eigenvalue weighted by Crippen LogP contribution is -2.13. The first-order valence-corrected chi connectivity index (χ1v) is 10.0. The Hall–Kier alpha value is -3.18. The lowest BCUT2D eigenvalue weighted by Gasteiger charge is -2.10. The van der Waals surface area contributed by atoms with Crippen LogP contribution in [0.5, 0.6) is 5.75 Å². The molecule has 0 amide bonds. The first kappa shape index (κ1) is 21.5. The minimum atomic E-state index is -0.0643. The Morgan fingerprint density at radius 1 is 0.933 bits per heavy atom. The third-order valence-corrected chi connectivity index (χ3v) is 5.13. The summed E-state index contributed by atoms with van der Waals surface area (Å²) in [5, 5.41) is 0. The van der Waals surface area contributed by atoms with E-state index in [1.807, 2.05) is 38.1 Å². The van der Waals surface area contributed by atoms with Crippen LogP contribution in [0.15, 0.2) is 60.7 Å². The highest BCUT2D eigenvalue weighted by atomic mass is 16.5. The molecule has 0 aliphatic rings. The van der Waals surface area contributed by atoms with E-state index >= 15 is 0 Å². The third-order valence-electron chi connectivity index (χ3n) is 5.13. The molecule has 1 aromatic heterocycles. The average Bonchev–Trinajstić information content (AvgIpc) is 3.06. The van der Waals surface area contributed by atoms with Crippen LogP contribution in [0.1, 0.15) is 44.1 Å². The molecule has 0 radical (unpaired) electrons. The van der Waals surface area contributed by atoms with Gasteiger partial charge in [0.15, 0.2) is 12.4 Å². The van der Waals surface area contributed by atoms with Gasteiger partial charge in [0.25, 0.3) is 0 Å². The smallest absolute Gasteiger partial charge is 0.202 e. The number of hydrogen-bond donors (Lipinski definition) is 0. The maximum atomic E-state index is 12.7. The largest absolute Gasteiger partial charge is 0.485 e. The highest BCUT2D eigenvalue weighted by molar-refractivity contribution is 6.09. The Kier molecular flexibility index (Phi) is 7.20. The number of aromatic nitrogens is 1. The van der Waals surface area contributed by atoms with Crippen molar-refractivity contribution in [1.29, 1.82) is 0 Å². The molecule has 0 unspecified atom stereocenters. The molecule has 1 heterocycles. The number of carbonyl (C=O) groups is 2. The van der Waals surface area contributed by atoms with E-state index in [-0.39, 0.29) is 18.2 Å². The van der Waals surface area contributed by atoms with Crippen molar-refractivity contribution in [3.63, 3.8) is 0 Å². The van der Waals surface area contributed by atoms with Gasteiger partial charge in [-0.1, -0.05) is 30.3 Å². The third kappa shape index (κ3) is 5.05. The zero-order valence-corrected chi connectivity index (χ0v) is 17.7. The SMILES string of the molecule is COCCCn1c(C)cc(C(=O)COc2ccc(C(=O)c3ccccc3)cc2)c1C. The minimum absolute atomic E-state index is 0.0425. The number of rotatable bonds is 10. The summed E-state index contributed by atoms with van der Waals surface area (Å²) >= 11 is 0. The molecule has 0 fully saturated rings. The molecule has 156 valence electrons. The van der Waals surface area contributed by atoms with E-state index in [0.717, 1.165) is 24.4 Å². The number of benzene rings is 2. The average molecular weight is 405 g/mol. The van der Waals surface area contributed by atoms with Crippen molar-refractivity contribution in [2.75, 3.05) is 20.3 Å². The lowest BCUT2D eigenvalue weighted by atomic mass is 10.0. The van der Waals surface area contributed by atoms with Crippen LogP contribution in [0.4, 0.5) is 0 Å². The molecule has 0 atom stereocenters. The molecule has 0 spiro atoms. The zero-order chi connectivity index (χ0) is 21.5. The molecule has 2 aromatic carbocycles. The summed E-state index contributed by atoms with van der Waals surface area (Å²) in [6, 6.07) is 17.9. The molecule has 0 aliphatic carbocycles. The fraction of sp³-hybridized carbons (Fsp3) is 0.280. The van der Waals surface area contributed by atoms with E-state index in [1.165, 1.54) is 0 Å². The second-order valence-electron chi connectivity index (χ2n) is 7.21. The monoisotopic (exact) mass is 405 g/mol. The maximum Gasteiger partial charge on any atom is 0.202 e. The Bertz CT molecular complexity index is 1000. The van der Waals surface area contributed by atoms with Gasteiger partial charge in [0.2, 0.25) is 5.78 Å². The lowest BCUT2D eigenvalue weighted by molar-refractivity contribution is 0.0920. The van der Waals surface area contributed by atoms with Gasteiger partial charge in [0, 0.05) is 48.3 Å². The van der Waals surface area contributed by atoms with Crippen molar-refractivity contribution < 1.29 is 19.1 Å². The van der Waals surface area contributed by atoms with Gasteiger partial charge in [-0.05, 0) is 50.6 Å². The van der Waals surface area contributed by atoms with Gasteiger partial charge in [0.05, 0.1) is 0 Å². The fourth-order valence-corrected chi connectivity index (χ4v) is 3.48. The minimum Gasteiger partial charge on any atom is -0.485 e. The van der Waals surface area contributed by atoms with Crippen molar-refractivity contribution in [2.45, 2.75) is 26.8 Å². The number of Topliss-reactive ketones (excluding diaryl/α,β-unsaturated/α-hetero) is 1. The number of methoxy groups -OCH3 is 1. The van der Waals surface area contributed by atoms with Crippen LogP contribution in [-0.4, -0.2) is 36.5 Å². The van der Waals surface area contributed by atoms with Crippen LogP contribution in [0.2, 0.25) is 0 Å². The van der Waals surface area contributed by atoms with Crippen molar-refractivity contribution in [1.82, 2.24) is 4.57 Å². The van der Waals surface area contributed by atoms with Crippen LogP contribution in [0.3, 0.4) is 0 Å². The Morgan fingerprint density at radius 3 is 2.27 bits per heavy atom. The summed E-state index contributed by atoms with van der Waals surface area (Å²) in [7, 11) is 1.69. The number of hydrogen-bond acceptors (Lipinski definition) is 4. The molecule has 3 rings (SSSR count). The first-order chi connectivity index (χ1) is 14.5. The predicted octanol–water partition coefficient (Wildman–Crippen LogP) is 4.63. The highest BCUT2D eigenvalue weighted by Crippen LogP contribution is 2.19. The van der Waals surface area contributed by atoms with Crippen LogP contribution in [0.25, 0.3) is 0 Å². The second kappa shape index (κ2) is 10.0. The Balaban J connectivity index is 1.61. The number of ether oxygens (including phenoxy) is 2. The molecule has 5 nitrogen and oxygen atoms in total. The molecular formula is C25H27NO4. The Morgan fingerprint density at radius 2 is 1.60 bits per heavy atom. The van der Waals surface area contributed by atoms with Gasteiger partial charge in [-0.25, -0.2) is 0 Å². The van der Waals surface area contributed by atoms with Gasteiger partial charge < -0.3 is 14.0 Å². The van der Waals surface area contributed by atoms with Crippen molar-refractivity contribution >= 4 is 11.6 Å². The normalized spacial score (nSPS) is 10.8. The summed E-state index contributed by atoms with van der Waals surface area (Å²) in [5.74, 6) is 0.450. The number of carbonyl (C=O) groups excluding carboxylic acids is 2. The molecule has 0 bridgehead atoms. The van der Waals surface area contributed by atoms with Gasteiger partial charge in [-0.2, -0.15) is 0 Å².